The summed E-state index contributed by atoms with van der Waals surface area (Å²) in [5, 5.41) is 16.2. The number of aromatic hydroxyl groups is 1. The SMILES string of the molecule is Cc1ccccc1CC(C)(C)CNc1c(Nc2ccc(Cl)c(S(=O)(=O)N(C)C)c2O)c(=O)c1=O. The third-order valence-corrected chi connectivity index (χ3v) is 7.98. The largest absolute Gasteiger partial charge is 0.504 e. The van der Waals surface area contributed by atoms with Gasteiger partial charge in [-0.25, -0.2) is 12.7 Å². The van der Waals surface area contributed by atoms with Crippen molar-refractivity contribution < 1.29 is 13.5 Å². The van der Waals surface area contributed by atoms with Crippen LogP contribution in [0.1, 0.15) is 25.0 Å². The van der Waals surface area contributed by atoms with Gasteiger partial charge >= 0.3 is 0 Å². The van der Waals surface area contributed by atoms with E-state index in [0.717, 1.165) is 10.7 Å². The maximum atomic E-state index is 12.6. The second-order valence-corrected chi connectivity index (χ2v) is 11.7. The quantitative estimate of drug-likeness (QED) is 0.300. The first-order chi connectivity index (χ1) is 15.8. The summed E-state index contributed by atoms with van der Waals surface area (Å²) in [5.74, 6) is -0.639. The molecule has 0 heterocycles. The molecule has 0 amide bonds. The van der Waals surface area contributed by atoms with Gasteiger partial charge in [0.2, 0.25) is 10.0 Å². The van der Waals surface area contributed by atoms with E-state index >= 15 is 0 Å². The summed E-state index contributed by atoms with van der Waals surface area (Å²) in [6.07, 6.45) is 0.759. The molecule has 3 aromatic rings. The van der Waals surface area contributed by atoms with Crippen LogP contribution in [0.25, 0.3) is 0 Å². The molecule has 0 aliphatic rings. The second kappa shape index (κ2) is 9.40. The summed E-state index contributed by atoms with van der Waals surface area (Å²) in [6.45, 7) is 6.55. The van der Waals surface area contributed by atoms with Gasteiger partial charge in [-0.15, -0.1) is 0 Å². The summed E-state index contributed by atoms with van der Waals surface area (Å²) in [6, 6.07) is 10.7. The van der Waals surface area contributed by atoms with Crippen molar-refractivity contribution >= 4 is 38.7 Å². The Morgan fingerprint density at radius 3 is 2.26 bits per heavy atom. The molecule has 3 rings (SSSR count). The fraction of sp³-hybridized carbons (Fsp3) is 0.333. The summed E-state index contributed by atoms with van der Waals surface area (Å²) in [5.41, 5.74) is 0.691. The van der Waals surface area contributed by atoms with E-state index in [1.807, 2.05) is 25.1 Å². The first-order valence-corrected chi connectivity index (χ1v) is 12.4. The molecule has 34 heavy (non-hydrogen) atoms. The maximum absolute atomic E-state index is 12.6. The van der Waals surface area contributed by atoms with Gasteiger partial charge in [0, 0.05) is 20.6 Å². The summed E-state index contributed by atoms with van der Waals surface area (Å²) >= 11 is 6.03. The van der Waals surface area contributed by atoms with Gasteiger partial charge in [0.25, 0.3) is 10.9 Å². The van der Waals surface area contributed by atoms with Crippen molar-refractivity contribution in [1.82, 2.24) is 4.31 Å². The first-order valence-electron chi connectivity index (χ1n) is 10.6. The van der Waals surface area contributed by atoms with E-state index in [4.69, 9.17) is 11.6 Å². The number of aryl methyl sites for hydroxylation is 1. The van der Waals surface area contributed by atoms with Crippen LogP contribution in [-0.2, 0) is 16.4 Å². The van der Waals surface area contributed by atoms with Gasteiger partial charge < -0.3 is 15.7 Å². The van der Waals surface area contributed by atoms with Crippen LogP contribution >= 0.6 is 11.6 Å². The van der Waals surface area contributed by atoms with Gasteiger partial charge in [0.1, 0.15) is 16.3 Å². The summed E-state index contributed by atoms with van der Waals surface area (Å²) < 4.78 is 26.1. The minimum Gasteiger partial charge on any atom is -0.504 e. The average Bonchev–Trinajstić information content (AvgIpc) is 2.75. The van der Waals surface area contributed by atoms with Crippen LogP contribution in [0.3, 0.4) is 0 Å². The molecule has 0 saturated heterocycles. The predicted molar refractivity (Wildman–Crippen MR) is 136 cm³/mol. The number of phenols is 1. The lowest BCUT2D eigenvalue weighted by molar-refractivity contribution is 0.388. The summed E-state index contributed by atoms with van der Waals surface area (Å²) in [7, 11) is -1.44. The lowest BCUT2D eigenvalue weighted by Crippen LogP contribution is -2.39. The normalized spacial score (nSPS) is 12.3. The fourth-order valence-electron chi connectivity index (χ4n) is 3.60. The molecule has 3 N–H and O–H groups in total. The number of phenolic OH excluding ortho intramolecular Hbond substituents is 1. The Bertz CT molecular complexity index is 1410. The lowest BCUT2D eigenvalue weighted by Gasteiger charge is -2.27. The van der Waals surface area contributed by atoms with E-state index in [-0.39, 0.29) is 27.5 Å². The Hall–Kier alpha value is -2.88. The van der Waals surface area contributed by atoms with Crippen LogP contribution in [0.15, 0.2) is 50.9 Å². The molecule has 10 heteroatoms. The third kappa shape index (κ3) is 4.96. The zero-order chi connectivity index (χ0) is 25.4. The van der Waals surface area contributed by atoms with Gasteiger partial charge in [-0.2, -0.15) is 0 Å². The van der Waals surface area contributed by atoms with Gasteiger partial charge in [-0.05, 0) is 42.0 Å². The van der Waals surface area contributed by atoms with Crippen LogP contribution in [0.5, 0.6) is 5.75 Å². The second-order valence-electron chi connectivity index (χ2n) is 9.21. The molecule has 0 bridgehead atoms. The van der Waals surface area contributed by atoms with E-state index in [1.54, 1.807) is 0 Å². The van der Waals surface area contributed by atoms with Crippen LogP contribution in [0, 0.1) is 12.3 Å². The van der Waals surface area contributed by atoms with Crippen molar-refractivity contribution in [3.8, 4) is 5.75 Å². The molecule has 0 saturated carbocycles. The molecule has 0 aliphatic heterocycles. The zero-order valence-electron chi connectivity index (χ0n) is 19.7. The van der Waals surface area contributed by atoms with Crippen molar-refractivity contribution in [3.63, 3.8) is 0 Å². The molecule has 0 radical (unpaired) electrons. The summed E-state index contributed by atoms with van der Waals surface area (Å²) in [4.78, 5) is 24.0. The number of nitrogens with zero attached hydrogens (tertiary/aromatic N) is 1. The number of hydrogen-bond acceptors (Lipinski definition) is 7. The third-order valence-electron chi connectivity index (χ3n) is 5.67. The molecular weight excluding hydrogens is 478 g/mol. The Morgan fingerprint density at radius 1 is 1.03 bits per heavy atom. The maximum Gasteiger partial charge on any atom is 0.253 e. The minimum absolute atomic E-state index is 0.0393. The minimum atomic E-state index is -4.06. The van der Waals surface area contributed by atoms with E-state index < -0.39 is 31.5 Å². The molecule has 0 spiro atoms. The highest BCUT2D eigenvalue weighted by molar-refractivity contribution is 7.89. The standard InChI is InChI=1S/C24H28ClN3O5S/c1-14-8-6-7-9-15(14)12-24(2,3)13-26-18-19(22(31)21(18)30)27-17-11-10-16(25)23(20(17)29)34(32,33)28(4)5/h6-11,26-27,29H,12-13H2,1-5H3. The van der Waals surface area contributed by atoms with Crippen LogP contribution in [-0.4, -0.2) is 38.5 Å². The smallest absolute Gasteiger partial charge is 0.253 e. The number of benzene rings is 2. The van der Waals surface area contributed by atoms with Gasteiger partial charge in [0.05, 0.1) is 10.7 Å². The van der Waals surface area contributed by atoms with E-state index in [2.05, 4.69) is 30.5 Å². The Morgan fingerprint density at radius 2 is 1.65 bits per heavy atom. The molecule has 0 aliphatic carbocycles. The lowest BCUT2D eigenvalue weighted by atomic mass is 9.84. The molecule has 8 nitrogen and oxygen atoms in total. The van der Waals surface area contributed by atoms with Crippen molar-refractivity contribution in [1.29, 1.82) is 0 Å². The van der Waals surface area contributed by atoms with Crippen LogP contribution < -0.4 is 21.5 Å². The van der Waals surface area contributed by atoms with Crippen LogP contribution in [0.2, 0.25) is 5.02 Å². The van der Waals surface area contributed by atoms with E-state index in [0.29, 0.717) is 6.54 Å². The van der Waals surface area contributed by atoms with Crippen LogP contribution in [0.4, 0.5) is 17.1 Å². The average molecular weight is 506 g/mol. The van der Waals surface area contributed by atoms with Crippen molar-refractivity contribution in [2.45, 2.75) is 32.1 Å². The zero-order valence-corrected chi connectivity index (χ0v) is 21.3. The monoisotopic (exact) mass is 505 g/mol. The highest BCUT2D eigenvalue weighted by Gasteiger charge is 2.29. The molecule has 0 unspecified atom stereocenters. The first kappa shape index (κ1) is 25.7. The highest BCUT2D eigenvalue weighted by atomic mass is 35.5. The van der Waals surface area contributed by atoms with Gasteiger partial charge in [-0.3, -0.25) is 9.59 Å². The van der Waals surface area contributed by atoms with E-state index in [1.165, 1.54) is 37.4 Å². The predicted octanol–water partition coefficient (Wildman–Crippen LogP) is 3.62. The highest BCUT2D eigenvalue weighted by Crippen LogP contribution is 2.39. The van der Waals surface area contributed by atoms with E-state index in [9.17, 15) is 23.1 Å². The Labute approximate surface area is 203 Å². The number of nitrogens with one attached hydrogen (secondary N) is 2. The number of halogens is 1. The molecule has 0 atom stereocenters. The van der Waals surface area contributed by atoms with Gasteiger partial charge in [-0.1, -0.05) is 49.7 Å². The molecule has 0 fully saturated rings. The number of anilines is 3. The number of sulfonamides is 1. The molecule has 182 valence electrons. The number of hydrogen-bond donors (Lipinski definition) is 3. The molecule has 0 aromatic heterocycles. The topological polar surface area (TPSA) is 116 Å². The number of rotatable bonds is 9. The van der Waals surface area contributed by atoms with Gasteiger partial charge in [0.15, 0.2) is 5.75 Å². The fourth-order valence-corrected chi connectivity index (χ4v) is 5.08. The van der Waals surface area contributed by atoms with Crippen molar-refractivity contribution in [3.05, 3.63) is 73.0 Å². The Kier molecular flexibility index (Phi) is 7.12. The molecular formula is C24H28ClN3O5S. The van der Waals surface area contributed by atoms with Crippen molar-refractivity contribution in [2.24, 2.45) is 5.41 Å². The van der Waals surface area contributed by atoms with Crippen molar-refractivity contribution in [2.75, 3.05) is 31.3 Å². The molecule has 3 aromatic carbocycles. The Balaban J connectivity index is 1.85.